The number of ether oxygens (including phenoxy) is 1. The van der Waals surface area contributed by atoms with Crippen molar-refractivity contribution in [3.63, 3.8) is 0 Å². The number of likely N-dealkylation sites (N-methyl/N-ethyl adjacent to an activating group) is 1. The summed E-state index contributed by atoms with van der Waals surface area (Å²) in [4.78, 5) is 53.3. The van der Waals surface area contributed by atoms with Gasteiger partial charge in [-0.25, -0.2) is 0 Å². The fourth-order valence-corrected chi connectivity index (χ4v) is 4.49. The van der Waals surface area contributed by atoms with Crippen LogP contribution in [0, 0.1) is 18.3 Å². The maximum absolute atomic E-state index is 13.0. The van der Waals surface area contributed by atoms with Gasteiger partial charge in [0, 0.05) is 38.5 Å². The van der Waals surface area contributed by atoms with Gasteiger partial charge in [-0.05, 0) is 32.1 Å². The smallest absolute Gasteiger partial charge is 0.310 e. The van der Waals surface area contributed by atoms with Gasteiger partial charge in [-0.2, -0.15) is 0 Å². The number of Topliss-reactive ketones (excluding diaryl/α,β-unsaturated/α-hetero) is 1. The first-order valence-electron chi connectivity index (χ1n) is 10.9. The van der Waals surface area contributed by atoms with Gasteiger partial charge >= 0.3 is 5.97 Å². The van der Waals surface area contributed by atoms with Crippen molar-refractivity contribution in [1.82, 2.24) is 9.80 Å². The summed E-state index contributed by atoms with van der Waals surface area (Å²) in [6.45, 7) is 8.51. The van der Waals surface area contributed by atoms with Gasteiger partial charge in [-0.3, -0.25) is 19.2 Å². The number of piperidine rings is 1. The second kappa shape index (κ2) is 8.85. The standard InChI is InChI=1S/C23H32N2O6/c1-6-30-22(29)15-8-7-9-25(12-15)18(27)13-24(5)21(28)20-14(2)19-16(26)10-23(3,4)11-17(19)31-20/h15H,6-13H2,1-5H3. The molecule has 1 aromatic heterocycles. The van der Waals surface area contributed by atoms with Crippen LogP contribution < -0.4 is 0 Å². The van der Waals surface area contributed by atoms with E-state index in [1.165, 1.54) is 4.90 Å². The maximum atomic E-state index is 13.0. The Balaban J connectivity index is 1.68. The van der Waals surface area contributed by atoms with E-state index in [-0.39, 0.29) is 41.3 Å². The van der Waals surface area contributed by atoms with Crippen molar-refractivity contribution < 1.29 is 28.3 Å². The van der Waals surface area contributed by atoms with Gasteiger partial charge in [-0.1, -0.05) is 13.8 Å². The number of hydrogen-bond acceptors (Lipinski definition) is 6. The number of ketones is 1. The van der Waals surface area contributed by atoms with Crippen molar-refractivity contribution in [1.29, 1.82) is 0 Å². The average molecular weight is 433 g/mol. The Morgan fingerprint density at radius 3 is 2.65 bits per heavy atom. The number of amides is 2. The van der Waals surface area contributed by atoms with Crippen molar-refractivity contribution >= 4 is 23.6 Å². The second-order valence-corrected chi connectivity index (χ2v) is 9.39. The number of furan rings is 1. The van der Waals surface area contributed by atoms with Gasteiger partial charge in [0.2, 0.25) is 5.91 Å². The molecule has 0 bridgehead atoms. The number of hydrogen-bond donors (Lipinski definition) is 0. The molecule has 8 nitrogen and oxygen atoms in total. The summed E-state index contributed by atoms with van der Waals surface area (Å²) in [7, 11) is 1.54. The Bertz CT molecular complexity index is 900. The highest BCUT2D eigenvalue weighted by molar-refractivity contribution is 6.04. The molecule has 1 aliphatic heterocycles. The Labute approximate surface area is 182 Å². The molecule has 2 heterocycles. The molecule has 1 fully saturated rings. The fraction of sp³-hybridized carbons (Fsp3) is 0.652. The number of nitrogens with zero attached hydrogens (tertiary/aromatic N) is 2. The number of likely N-dealkylation sites (tertiary alicyclic amines) is 1. The minimum Gasteiger partial charge on any atom is -0.466 e. The molecule has 1 aliphatic carbocycles. The number of carbonyl (C=O) groups excluding carboxylic acids is 4. The van der Waals surface area contributed by atoms with E-state index < -0.39 is 5.91 Å². The fourth-order valence-electron chi connectivity index (χ4n) is 4.49. The Hall–Kier alpha value is -2.64. The van der Waals surface area contributed by atoms with E-state index in [2.05, 4.69) is 0 Å². The zero-order valence-corrected chi connectivity index (χ0v) is 19.1. The molecule has 170 valence electrons. The van der Waals surface area contributed by atoms with Crippen molar-refractivity contribution in [3.05, 3.63) is 22.6 Å². The van der Waals surface area contributed by atoms with Crippen LogP contribution in [0.2, 0.25) is 0 Å². The van der Waals surface area contributed by atoms with E-state index in [1.807, 2.05) is 13.8 Å². The van der Waals surface area contributed by atoms with Crippen molar-refractivity contribution in [2.45, 2.75) is 53.4 Å². The monoisotopic (exact) mass is 432 g/mol. The second-order valence-electron chi connectivity index (χ2n) is 9.39. The molecule has 0 saturated carbocycles. The summed E-state index contributed by atoms with van der Waals surface area (Å²) >= 11 is 0. The van der Waals surface area contributed by atoms with E-state index in [0.29, 0.717) is 55.8 Å². The van der Waals surface area contributed by atoms with Crippen LogP contribution in [0.5, 0.6) is 0 Å². The molecule has 2 aliphatic rings. The van der Waals surface area contributed by atoms with Crippen LogP contribution in [0.25, 0.3) is 0 Å². The van der Waals surface area contributed by atoms with Gasteiger partial charge in [0.05, 0.1) is 24.6 Å². The van der Waals surface area contributed by atoms with E-state index in [1.54, 1.807) is 25.8 Å². The lowest BCUT2D eigenvalue weighted by atomic mass is 9.76. The van der Waals surface area contributed by atoms with Crippen LogP contribution in [0.4, 0.5) is 0 Å². The molecule has 0 radical (unpaired) electrons. The van der Waals surface area contributed by atoms with Crippen molar-refractivity contribution in [2.24, 2.45) is 11.3 Å². The van der Waals surface area contributed by atoms with Gasteiger partial charge in [-0.15, -0.1) is 0 Å². The lowest BCUT2D eigenvalue weighted by Crippen LogP contribution is -2.47. The largest absolute Gasteiger partial charge is 0.466 e. The zero-order valence-electron chi connectivity index (χ0n) is 19.1. The van der Waals surface area contributed by atoms with E-state index >= 15 is 0 Å². The number of fused-ring (bicyclic) bond motifs is 1. The molecule has 1 saturated heterocycles. The normalized spacial score (nSPS) is 20.2. The number of rotatable bonds is 5. The van der Waals surface area contributed by atoms with Gasteiger partial charge in [0.15, 0.2) is 11.5 Å². The van der Waals surface area contributed by atoms with E-state index in [9.17, 15) is 19.2 Å². The zero-order chi connectivity index (χ0) is 22.9. The summed E-state index contributed by atoms with van der Waals surface area (Å²) in [5, 5.41) is 0. The first kappa shape index (κ1) is 23.0. The molecule has 0 aromatic carbocycles. The van der Waals surface area contributed by atoms with Crippen molar-refractivity contribution in [2.75, 3.05) is 33.3 Å². The molecular weight excluding hydrogens is 400 g/mol. The van der Waals surface area contributed by atoms with Gasteiger partial charge in [0.1, 0.15) is 5.76 Å². The Morgan fingerprint density at radius 1 is 1.26 bits per heavy atom. The van der Waals surface area contributed by atoms with Gasteiger partial charge in [0.25, 0.3) is 5.91 Å². The van der Waals surface area contributed by atoms with Crippen molar-refractivity contribution in [3.8, 4) is 0 Å². The molecule has 1 unspecified atom stereocenters. The topological polar surface area (TPSA) is 97.1 Å². The van der Waals surface area contributed by atoms with Crippen LogP contribution in [0.15, 0.2) is 4.42 Å². The Kier molecular flexibility index (Phi) is 6.57. The van der Waals surface area contributed by atoms with Crippen LogP contribution in [-0.2, 0) is 20.7 Å². The molecule has 0 spiro atoms. The average Bonchev–Trinajstić information content (AvgIpc) is 3.02. The summed E-state index contributed by atoms with van der Waals surface area (Å²) in [6.07, 6.45) is 2.42. The summed E-state index contributed by atoms with van der Waals surface area (Å²) < 4.78 is 10.9. The highest BCUT2D eigenvalue weighted by atomic mass is 16.5. The summed E-state index contributed by atoms with van der Waals surface area (Å²) in [5.41, 5.74) is 0.844. The lowest BCUT2D eigenvalue weighted by molar-refractivity contribution is -0.151. The molecule has 31 heavy (non-hydrogen) atoms. The minimum atomic E-state index is -0.426. The third kappa shape index (κ3) is 4.83. The van der Waals surface area contributed by atoms with Crippen LogP contribution in [0.3, 0.4) is 0 Å². The quantitative estimate of drug-likeness (QED) is 0.664. The SMILES string of the molecule is CCOC(=O)C1CCCN(C(=O)CN(C)C(=O)c2oc3c(c2C)C(=O)CC(C)(C)C3)C1. The molecule has 1 aromatic rings. The van der Waals surface area contributed by atoms with Crippen LogP contribution in [-0.4, -0.2) is 66.7 Å². The van der Waals surface area contributed by atoms with Crippen LogP contribution >= 0.6 is 0 Å². The summed E-state index contributed by atoms with van der Waals surface area (Å²) in [5.74, 6) is -0.602. The first-order chi connectivity index (χ1) is 14.5. The molecule has 8 heteroatoms. The minimum absolute atomic E-state index is 0.0106. The maximum Gasteiger partial charge on any atom is 0.310 e. The molecule has 3 rings (SSSR count). The van der Waals surface area contributed by atoms with Crippen LogP contribution in [0.1, 0.15) is 72.3 Å². The molecule has 1 atom stereocenters. The Morgan fingerprint density at radius 2 is 1.97 bits per heavy atom. The lowest BCUT2D eigenvalue weighted by Gasteiger charge is -2.32. The third-order valence-electron chi connectivity index (χ3n) is 6.08. The highest BCUT2D eigenvalue weighted by Gasteiger charge is 2.38. The number of esters is 1. The predicted octanol–water partition coefficient (Wildman–Crippen LogP) is 2.62. The predicted molar refractivity (Wildman–Crippen MR) is 113 cm³/mol. The molecule has 2 amide bonds. The van der Waals surface area contributed by atoms with Gasteiger partial charge < -0.3 is 19.0 Å². The summed E-state index contributed by atoms with van der Waals surface area (Å²) in [6, 6.07) is 0. The number of carbonyl (C=O) groups is 4. The van der Waals surface area contributed by atoms with E-state index in [0.717, 1.165) is 6.42 Å². The van der Waals surface area contributed by atoms with E-state index in [4.69, 9.17) is 9.15 Å². The highest BCUT2D eigenvalue weighted by Crippen LogP contribution is 2.38. The molecule has 0 N–H and O–H groups in total. The third-order valence-corrected chi connectivity index (χ3v) is 6.08. The molecular formula is C23H32N2O6. The first-order valence-corrected chi connectivity index (χ1v) is 10.9.